The maximum atomic E-state index is 5.85. The molecular weight excluding hydrogens is 272 g/mol. The fraction of sp³-hybridized carbons (Fsp3) is 0.211. The van der Waals surface area contributed by atoms with Gasteiger partial charge in [0.2, 0.25) is 0 Å². The molecule has 1 saturated heterocycles. The van der Waals surface area contributed by atoms with E-state index in [-0.39, 0.29) is 0 Å². The van der Waals surface area contributed by atoms with E-state index in [9.17, 15) is 0 Å². The third kappa shape index (κ3) is 2.62. The van der Waals surface area contributed by atoms with E-state index in [4.69, 9.17) is 4.42 Å². The van der Waals surface area contributed by atoms with Crippen molar-refractivity contribution < 1.29 is 4.42 Å². The number of nitrogens with zero attached hydrogens (tertiary/aromatic N) is 2. The summed E-state index contributed by atoms with van der Waals surface area (Å²) in [6.45, 7) is 2.18. The molecule has 1 fully saturated rings. The van der Waals surface area contributed by atoms with Crippen LogP contribution >= 0.6 is 0 Å². The maximum Gasteiger partial charge on any atom is 0.196 e. The summed E-state index contributed by atoms with van der Waals surface area (Å²) in [6.07, 6.45) is 4.30. The van der Waals surface area contributed by atoms with E-state index in [1.807, 2.05) is 30.3 Å². The molecule has 0 aliphatic carbocycles. The molecule has 3 nitrogen and oxygen atoms in total. The number of benzene rings is 2. The molecule has 0 spiro atoms. The zero-order chi connectivity index (χ0) is 14.8. The van der Waals surface area contributed by atoms with Crippen LogP contribution in [0.5, 0.6) is 0 Å². The van der Waals surface area contributed by atoms with Crippen molar-refractivity contribution in [1.29, 1.82) is 0 Å². The molecule has 0 N–H and O–H groups in total. The summed E-state index contributed by atoms with van der Waals surface area (Å²) in [5.74, 6) is 1.76. The van der Waals surface area contributed by atoms with E-state index >= 15 is 0 Å². The van der Waals surface area contributed by atoms with Crippen LogP contribution in [-0.2, 0) is 0 Å². The second kappa shape index (κ2) is 5.68. The highest BCUT2D eigenvalue weighted by Crippen LogP contribution is 2.24. The van der Waals surface area contributed by atoms with Gasteiger partial charge in [-0.15, -0.1) is 0 Å². The average molecular weight is 290 g/mol. The highest BCUT2D eigenvalue weighted by molar-refractivity contribution is 5.87. The highest BCUT2D eigenvalue weighted by Gasteiger charge is 2.14. The van der Waals surface area contributed by atoms with Crippen molar-refractivity contribution in [3.8, 4) is 0 Å². The zero-order valence-electron chi connectivity index (χ0n) is 12.4. The Morgan fingerprint density at radius 2 is 1.73 bits per heavy atom. The van der Waals surface area contributed by atoms with Gasteiger partial charge in [-0.05, 0) is 41.8 Å². The number of hydrogen-bond donors (Lipinski definition) is 0. The molecule has 110 valence electrons. The van der Waals surface area contributed by atoms with Crippen LogP contribution in [0.15, 0.2) is 64.0 Å². The first kappa shape index (κ1) is 13.1. The second-order valence-electron chi connectivity index (χ2n) is 5.66. The molecular formula is C19H18N2O. The fourth-order valence-corrected chi connectivity index (χ4v) is 2.91. The van der Waals surface area contributed by atoms with Gasteiger partial charge in [0.1, 0.15) is 5.76 Å². The number of rotatable bonds is 3. The zero-order valence-corrected chi connectivity index (χ0v) is 12.4. The lowest BCUT2D eigenvalue weighted by Gasteiger charge is -2.12. The van der Waals surface area contributed by atoms with E-state index in [1.165, 1.54) is 23.6 Å². The SMILES string of the molecule is C(=Nc1ccc2ccccc2c1)c1ccc(N2CCCC2)o1. The molecule has 2 heterocycles. The Kier molecular flexibility index (Phi) is 3.39. The van der Waals surface area contributed by atoms with Crippen LogP contribution in [0.4, 0.5) is 11.6 Å². The molecule has 3 heteroatoms. The Labute approximate surface area is 129 Å². The molecule has 0 unspecified atom stereocenters. The van der Waals surface area contributed by atoms with Crippen LogP contribution in [0.25, 0.3) is 10.8 Å². The van der Waals surface area contributed by atoms with Crippen LogP contribution < -0.4 is 4.90 Å². The molecule has 2 aromatic carbocycles. The number of anilines is 1. The van der Waals surface area contributed by atoms with Crippen LogP contribution in [0.2, 0.25) is 0 Å². The average Bonchev–Trinajstić information content (AvgIpc) is 3.24. The van der Waals surface area contributed by atoms with Crippen molar-refractivity contribution in [1.82, 2.24) is 0 Å². The van der Waals surface area contributed by atoms with E-state index in [0.717, 1.165) is 30.4 Å². The minimum atomic E-state index is 0.801. The summed E-state index contributed by atoms with van der Waals surface area (Å²) < 4.78 is 5.85. The molecule has 0 bridgehead atoms. The van der Waals surface area contributed by atoms with Gasteiger partial charge >= 0.3 is 0 Å². The van der Waals surface area contributed by atoms with Crippen molar-refractivity contribution in [3.05, 3.63) is 60.4 Å². The van der Waals surface area contributed by atoms with Gasteiger partial charge in [-0.1, -0.05) is 30.3 Å². The maximum absolute atomic E-state index is 5.85. The van der Waals surface area contributed by atoms with E-state index in [2.05, 4.69) is 34.2 Å². The van der Waals surface area contributed by atoms with Crippen molar-refractivity contribution in [2.75, 3.05) is 18.0 Å². The van der Waals surface area contributed by atoms with Crippen molar-refractivity contribution >= 4 is 28.6 Å². The predicted octanol–water partition coefficient (Wildman–Crippen LogP) is 4.78. The standard InChI is InChI=1S/C19H18N2O/c1-2-6-16-13-17(8-7-15(16)5-1)20-14-18-9-10-19(22-18)21-11-3-4-12-21/h1-2,5-10,13-14H,3-4,11-12H2. The van der Waals surface area contributed by atoms with E-state index in [0.29, 0.717) is 0 Å². The molecule has 1 aliphatic heterocycles. The summed E-state index contributed by atoms with van der Waals surface area (Å²) in [4.78, 5) is 6.81. The molecule has 1 aliphatic rings. The Morgan fingerprint density at radius 1 is 0.909 bits per heavy atom. The molecule has 0 radical (unpaired) electrons. The fourth-order valence-electron chi connectivity index (χ4n) is 2.91. The van der Waals surface area contributed by atoms with Gasteiger partial charge in [0, 0.05) is 19.2 Å². The largest absolute Gasteiger partial charge is 0.440 e. The number of fused-ring (bicyclic) bond motifs is 1. The minimum Gasteiger partial charge on any atom is -0.440 e. The van der Waals surface area contributed by atoms with E-state index < -0.39 is 0 Å². The number of furan rings is 1. The Balaban J connectivity index is 1.55. The second-order valence-corrected chi connectivity index (χ2v) is 5.66. The first-order chi connectivity index (χ1) is 10.9. The van der Waals surface area contributed by atoms with Gasteiger partial charge in [-0.3, -0.25) is 4.99 Å². The van der Waals surface area contributed by atoms with Gasteiger partial charge in [-0.2, -0.15) is 0 Å². The third-order valence-corrected chi connectivity index (χ3v) is 4.10. The molecule has 22 heavy (non-hydrogen) atoms. The molecule has 3 aromatic rings. The molecule has 0 saturated carbocycles. The van der Waals surface area contributed by atoms with E-state index in [1.54, 1.807) is 6.21 Å². The van der Waals surface area contributed by atoms with Crippen LogP contribution in [0.3, 0.4) is 0 Å². The van der Waals surface area contributed by atoms with Gasteiger partial charge in [0.25, 0.3) is 0 Å². The van der Waals surface area contributed by atoms with Gasteiger partial charge in [0.15, 0.2) is 5.88 Å². The van der Waals surface area contributed by atoms with Crippen molar-refractivity contribution in [3.63, 3.8) is 0 Å². The first-order valence-electron chi connectivity index (χ1n) is 7.76. The number of hydrogen-bond acceptors (Lipinski definition) is 3. The summed E-state index contributed by atoms with van der Waals surface area (Å²) in [5, 5.41) is 2.44. The summed E-state index contributed by atoms with van der Waals surface area (Å²) >= 11 is 0. The Morgan fingerprint density at radius 3 is 2.59 bits per heavy atom. The summed E-state index contributed by atoms with van der Waals surface area (Å²) in [7, 11) is 0. The summed E-state index contributed by atoms with van der Waals surface area (Å²) in [6, 6.07) is 18.5. The third-order valence-electron chi connectivity index (χ3n) is 4.10. The molecule has 0 amide bonds. The first-order valence-corrected chi connectivity index (χ1v) is 7.76. The summed E-state index contributed by atoms with van der Waals surface area (Å²) in [5.41, 5.74) is 0.942. The minimum absolute atomic E-state index is 0.801. The molecule has 4 rings (SSSR count). The quantitative estimate of drug-likeness (QED) is 0.649. The van der Waals surface area contributed by atoms with Crippen LogP contribution in [0.1, 0.15) is 18.6 Å². The van der Waals surface area contributed by atoms with Crippen molar-refractivity contribution in [2.24, 2.45) is 4.99 Å². The number of aliphatic imine (C=N–C) groups is 1. The lowest BCUT2D eigenvalue weighted by Crippen LogP contribution is -2.16. The molecule has 1 aromatic heterocycles. The molecule has 0 atom stereocenters. The lowest BCUT2D eigenvalue weighted by molar-refractivity contribution is 0.550. The van der Waals surface area contributed by atoms with Gasteiger partial charge in [-0.25, -0.2) is 0 Å². The lowest BCUT2D eigenvalue weighted by atomic mass is 10.1. The Hall–Kier alpha value is -2.55. The van der Waals surface area contributed by atoms with Crippen LogP contribution in [-0.4, -0.2) is 19.3 Å². The Bertz CT molecular complexity index is 813. The van der Waals surface area contributed by atoms with Gasteiger partial charge < -0.3 is 9.32 Å². The smallest absolute Gasteiger partial charge is 0.196 e. The van der Waals surface area contributed by atoms with Crippen molar-refractivity contribution in [2.45, 2.75) is 12.8 Å². The monoisotopic (exact) mass is 290 g/mol. The van der Waals surface area contributed by atoms with Crippen LogP contribution in [0, 0.1) is 0 Å². The van der Waals surface area contributed by atoms with Gasteiger partial charge in [0.05, 0.1) is 11.9 Å². The topological polar surface area (TPSA) is 28.7 Å². The highest BCUT2D eigenvalue weighted by atomic mass is 16.4. The normalized spacial score (nSPS) is 15.2. The predicted molar refractivity (Wildman–Crippen MR) is 91.4 cm³/mol.